The van der Waals surface area contributed by atoms with E-state index < -0.39 is 17.2 Å². The van der Waals surface area contributed by atoms with Crippen LogP contribution in [0.2, 0.25) is 0 Å². The van der Waals surface area contributed by atoms with Crippen LogP contribution in [0.3, 0.4) is 0 Å². The molecule has 154 valence electrons. The third-order valence-corrected chi connectivity index (χ3v) is 5.94. The molecule has 0 spiro atoms. The van der Waals surface area contributed by atoms with Crippen molar-refractivity contribution < 1.29 is 24.9 Å². The first-order valence-electron chi connectivity index (χ1n) is 10.3. The van der Waals surface area contributed by atoms with Gasteiger partial charge in [-0.15, -0.1) is 0 Å². The molecule has 1 aromatic carbocycles. The summed E-state index contributed by atoms with van der Waals surface area (Å²) in [6.07, 6.45) is 8.59. The molecule has 2 aliphatic rings. The van der Waals surface area contributed by atoms with Crippen molar-refractivity contribution in [3.05, 3.63) is 17.7 Å². The fourth-order valence-corrected chi connectivity index (χ4v) is 4.24. The standard InChI is InChI=1S/C21H30N2O5/c24-17-13-16(14-18(25)20(17)27)21(28)23-10-4-9-22(11-12-23)19(26)8-7-15-5-2-1-3-6-15/h13-15,24-25,27H,1-12H2. The van der Waals surface area contributed by atoms with Gasteiger partial charge in [0.2, 0.25) is 5.91 Å². The Kier molecular flexibility index (Phi) is 6.65. The second kappa shape index (κ2) is 9.17. The molecule has 3 rings (SSSR count). The molecule has 1 aromatic rings. The number of rotatable bonds is 4. The maximum Gasteiger partial charge on any atom is 0.254 e. The molecule has 0 aromatic heterocycles. The zero-order valence-corrected chi connectivity index (χ0v) is 16.3. The van der Waals surface area contributed by atoms with E-state index in [4.69, 9.17) is 0 Å². The average molecular weight is 390 g/mol. The van der Waals surface area contributed by atoms with Gasteiger partial charge in [-0.25, -0.2) is 0 Å². The number of aromatic hydroxyl groups is 3. The lowest BCUT2D eigenvalue weighted by Gasteiger charge is -2.24. The number of carbonyl (C=O) groups is 2. The zero-order chi connectivity index (χ0) is 20.1. The summed E-state index contributed by atoms with van der Waals surface area (Å²) in [6, 6.07) is 2.30. The van der Waals surface area contributed by atoms with Gasteiger partial charge in [0.15, 0.2) is 17.2 Å². The molecule has 1 saturated carbocycles. The molecule has 0 unspecified atom stereocenters. The molecule has 1 aliphatic heterocycles. The van der Waals surface area contributed by atoms with Crippen molar-refractivity contribution >= 4 is 11.8 Å². The van der Waals surface area contributed by atoms with Crippen LogP contribution in [0.15, 0.2) is 12.1 Å². The fraction of sp³-hybridized carbons (Fsp3) is 0.619. The second-order valence-corrected chi connectivity index (χ2v) is 7.93. The highest BCUT2D eigenvalue weighted by molar-refractivity contribution is 5.95. The van der Waals surface area contributed by atoms with Gasteiger partial charge >= 0.3 is 0 Å². The Morgan fingerprint density at radius 1 is 0.857 bits per heavy atom. The number of phenols is 3. The van der Waals surface area contributed by atoms with E-state index in [0.29, 0.717) is 44.9 Å². The van der Waals surface area contributed by atoms with Gasteiger partial charge in [0.05, 0.1) is 0 Å². The van der Waals surface area contributed by atoms with Gasteiger partial charge in [0.25, 0.3) is 5.91 Å². The second-order valence-electron chi connectivity index (χ2n) is 7.93. The van der Waals surface area contributed by atoms with Crippen LogP contribution in [0.5, 0.6) is 17.2 Å². The van der Waals surface area contributed by atoms with Gasteiger partial charge < -0.3 is 25.1 Å². The van der Waals surface area contributed by atoms with Gasteiger partial charge in [0, 0.05) is 38.2 Å². The van der Waals surface area contributed by atoms with Gasteiger partial charge in [0.1, 0.15) is 0 Å². The minimum absolute atomic E-state index is 0.116. The fourth-order valence-electron chi connectivity index (χ4n) is 4.24. The van der Waals surface area contributed by atoms with E-state index in [1.54, 1.807) is 4.90 Å². The first-order chi connectivity index (χ1) is 13.5. The van der Waals surface area contributed by atoms with E-state index in [1.165, 1.54) is 32.1 Å². The van der Waals surface area contributed by atoms with Crippen molar-refractivity contribution in [2.75, 3.05) is 26.2 Å². The van der Waals surface area contributed by atoms with Crippen LogP contribution in [0.1, 0.15) is 61.7 Å². The number of hydrogen-bond acceptors (Lipinski definition) is 5. The van der Waals surface area contributed by atoms with Crippen molar-refractivity contribution in [1.29, 1.82) is 0 Å². The Hall–Kier alpha value is -2.44. The minimum atomic E-state index is -0.637. The number of hydrogen-bond donors (Lipinski definition) is 3. The minimum Gasteiger partial charge on any atom is -0.504 e. The third kappa shape index (κ3) is 4.88. The highest BCUT2D eigenvalue weighted by Gasteiger charge is 2.25. The Labute approximate surface area is 165 Å². The monoisotopic (exact) mass is 390 g/mol. The largest absolute Gasteiger partial charge is 0.504 e. The summed E-state index contributed by atoms with van der Waals surface area (Å²) in [7, 11) is 0. The summed E-state index contributed by atoms with van der Waals surface area (Å²) in [5, 5.41) is 28.7. The molecule has 1 aliphatic carbocycles. The van der Waals surface area contributed by atoms with Crippen LogP contribution in [0.25, 0.3) is 0 Å². The molecule has 0 bridgehead atoms. The summed E-state index contributed by atoms with van der Waals surface area (Å²) in [6.45, 7) is 2.05. The van der Waals surface area contributed by atoms with Crippen molar-refractivity contribution in [2.45, 2.75) is 51.4 Å². The van der Waals surface area contributed by atoms with Crippen molar-refractivity contribution in [3.8, 4) is 17.2 Å². The van der Waals surface area contributed by atoms with E-state index in [-0.39, 0.29) is 17.4 Å². The number of carbonyl (C=O) groups excluding carboxylic acids is 2. The zero-order valence-electron chi connectivity index (χ0n) is 16.3. The van der Waals surface area contributed by atoms with E-state index in [0.717, 1.165) is 18.6 Å². The lowest BCUT2D eigenvalue weighted by Crippen LogP contribution is -2.37. The maximum absolute atomic E-state index is 12.7. The molecule has 7 heteroatoms. The van der Waals surface area contributed by atoms with Gasteiger partial charge in [-0.3, -0.25) is 9.59 Å². The van der Waals surface area contributed by atoms with Crippen LogP contribution < -0.4 is 0 Å². The van der Waals surface area contributed by atoms with Crippen LogP contribution in [0, 0.1) is 5.92 Å². The molecule has 7 nitrogen and oxygen atoms in total. The molecule has 0 atom stereocenters. The number of benzene rings is 1. The molecule has 28 heavy (non-hydrogen) atoms. The normalized spacial score (nSPS) is 18.7. The predicted molar refractivity (Wildman–Crippen MR) is 104 cm³/mol. The molecular weight excluding hydrogens is 360 g/mol. The first-order valence-corrected chi connectivity index (χ1v) is 10.3. The lowest BCUT2D eigenvalue weighted by molar-refractivity contribution is -0.131. The Morgan fingerprint density at radius 2 is 1.46 bits per heavy atom. The van der Waals surface area contributed by atoms with Crippen LogP contribution in [-0.2, 0) is 4.79 Å². The summed E-state index contributed by atoms with van der Waals surface area (Å²) in [5.41, 5.74) is 0.116. The van der Waals surface area contributed by atoms with Gasteiger partial charge in [-0.2, -0.15) is 0 Å². The van der Waals surface area contributed by atoms with Crippen LogP contribution in [-0.4, -0.2) is 63.1 Å². The number of phenolic OH excluding ortho intramolecular Hbond substituents is 3. The lowest BCUT2D eigenvalue weighted by atomic mass is 9.86. The summed E-state index contributed by atoms with van der Waals surface area (Å²) >= 11 is 0. The predicted octanol–water partition coefficient (Wildman–Crippen LogP) is 2.84. The van der Waals surface area contributed by atoms with Gasteiger partial charge in [-0.05, 0) is 30.9 Å². The highest BCUT2D eigenvalue weighted by atomic mass is 16.3. The van der Waals surface area contributed by atoms with Gasteiger partial charge in [-0.1, -0.05) is 32.1 Å². The van der Waals surface area contributed by atoms with Crippen molar-refractivity contribution in [3.63, 3.8) is 0 Å². The van der Waals surface area contributed by atoms with Crippen LogP contribution >= 0.6 is 0 Å². The Balaban J connectivity index is 1.54. The van der Waals surface area contributed by atoms with E-state index in [1.807, 2.05) is 4.90 Å². The summed E-state index contributed by atoms with van der Waals surface area (Å²) in [5.74, 6) is -1.18. The molecule has 2 amide bonds. The molecule has 1 saturated heterocycles. The maximum atomic E-state index is 12.7. The van der Waals surface area contributed by atoms with Crippen molar-refractivity contribution in [2.24, 2.45) is 5.92 Å². The number of nitrogens with zero attached hydrogens (tertiary/aromatic N) is 2. The molecular formula is C21H30N2O5. The molecule has 1 heterocycles. The summed E-state index contributed by atoms with van der Waals surface area (Å²) < 4.78 is 0. The van der Waals surface area contributed by atoms with E-state index in [9.17, 15) is 24.9 Å². The van der Waals surface area contributed by atoms with E-state index >= 15 is 0 Å². The topological polar surface area (TPSA) is 101 Å². The number of amides is 2. The first kappa shape index (κ1) is 20.3. The Morgan fingerprint density at radius 3 is 2.14 bits per heavy atom. The third-order valence-electron chi connectivity index (χ3n) is 5.94. The van der Waals surface area contributed by atoms with Crippen LogP contribution in [0.4, 0.5) is 0 Å². The average Bonchev–Trinajstić information content (AvgIpc) is 2.96. The molecule has 2 fully saturated rings. The highest BCUT2D eigenvalue weighted by Crippen LogP contribution is 2.35. The SMILES string of the molecule is O=C(CCC1CCCCC1)N1CCCN(C(=O)c2cc(O)c(O)c(O)c2)CC1. The van der Waals surface area contributed by atoms with Crippen molar-refractivity contribution in [1.82, 2.24) is 9.80 Å². The molecule has 3 N–H and O–H groups in total. The Bertz CT molecular complexity index is 692. The summed E-state index contributed by atoms with van der Waals surface area (Å²) in [4.78, 5) is 28.8. The molecule has 0 radical (unpaired) electrons. The quantitative estimate of drug-likeness (QED) is 0.686. The van der Waals surface area contributed by atoms with E-state index in [2.05, 4.69) is 0 Å². The smallest absolute Gasteiger partial charge is 0.254 e.